The van der Waals surface area contributed by atoms with Gasteiger partial charge >= 0.3 is 6.18 Å². The summed E-state index contributed by atoms with van der Waals surface area (Å²) in [6, 6.07) is 18.9. The van der Waals surface area contributed by atoms with Crippen LogP contribution in [0.1, 0.15) is 27.0 Å². The summed E-state index contributed by atoms with van der Waals surface area (Å²) >= 11 is 0. The third-order valence-corrected chi connectivity index (χ3v) is 7.54. The molecule has 1 amide bonds. The van der Waals surface area contributed by atoms with Gasteiger partial charge in [-0.2, -0.15) is 13.2 Å². The van der Waals surface area contributed by atoms with Gasteiger partial charge in [0.25, 0.3) is 5.91 Å². The molecular formula is C34H31F3N8O2. The molecule has 0 saturated carbocycles. The van der Waals surface area contributed by atoms with Crippen molar-refractivity contribution >= 4 is 34.7 Å². The minimum atomic E-state index is -4.55. The molecule has 1 aliphatic rings. The zero-order valence-electron chi connectivity index (χ0n) is 25.4. The van der Waals surface area contributed by atoms with Gasteiger partial charge in [0.15, 0.2) is 0 Å². The maximum absolute atomic E-state index is 13.2. The number of ether oxygens (including phenoxy) is 1. The zero-order valence-corrected chi connectivity index (χ0v) is 25.4. The van der Waals surface area contributed by atoms with E-state index >= 15 is 0 Å². The summed E-state index contributed by atoms with van der Waals surface area (Å²) in [6.45, 7) is 5.99. The third kappa shape index (κ3) is 8.07. The molecule has 47 heavy (non-hydrogen) atoms. The van der Waals surface area contributed by atoms with Crippen LogP contribution in [0.3, 0.4) is 0 Å². The Kier molecular flexibility index (Phi) is 9.36. The first-order valence-electron chi connectivity index (χ1n) is 14.9. The van der Waals surface area contributed by atoms with E-state index in [1.807, 2.05) is 31.3 Å². The second-order valence-electron chi connectivity index (χ2n) is 10.9. The van der Waals surface area contributed by atoms with Gasteiger partial charge in [0.1, 0.15) is 23.8 Å². The fourth-order valence-electron chi connectivity index (χ4n) is 5.03. The number of aryl methyl sites for hydroxylation is 1. The molecule has 6 rings (SSSR count). The number of carbonyl (C=O) groups is 1. The van der Waals surface area contributed by atoms with E-state index in [0.29, 0.717) is 40.1 Å². The molecule has 2 aromatic carbocycles. The standard InChI is InChI=1S/C34H31F3N8O2/c1-22-7-9-26(42-33(46)24-4-2-5-25(16-24)34(35,36)37)17-28(22)43-32-27(6-3-11-38-32)29-18-31(41-21-40-29)44-30-10-8-23(19-39-30)20-45-12-14-47-15-13-45/h2-11,16-19,21H,12-15,20H2,1H3,(H,38,43)(H,42,46)(H,39,40,41,44). The Bertz CT molecular complexity index is 1860. The van der Waals surface area contributed by atoms with Gasteiger partial charge in [-0.3, -0.25) is 9.69 Å². The van der Waals surface area contributed by atoms with Crippen molar-refractivity contribution in [2.24, 2.45) is 0 Å². The van der Waals surface area contributed by atoms with Gasteiger partial charge in [-0.05, 0) is 66.6 Å². The van der Waals surface area contributed by atoms with E-state index in [1.165, 1.54) is 18.5 Å². The Morgan fingerprint density at radius 2 is 1.74 bits per heavy atom. The number of hydrogen-bond acceptors (Lipinski definition) is 9. The number of hydrogen-bond donors (Lipinski definition) is 3. The van der Waals surface area contributed by atoms with E-state index < -0.39 is 17.6 Å². The quantitative estimate of drug-likeness (QED) is 0.159. The number of nitrogens with zero attached hydrogens (tertiary/aromatic N) is 5. The Balaban J connectivity index is 1.16. The lowest BCUT2D eigenvalue weighted by molar-refractivity contribution is -0.137. The van der Waals surface area contributed by atoms with Crippen LogP contribution in [0.5, 0.6) is 0 Å². The molecule has 5 aromatic rings. The Labute approximate surface area is 269 Å². The molecule has 240 valence electrons. The minimum absolute atomic E-state index is 0.103. The number of morpholine rings is 1. The maximum atomic E-state index is 13.2. The number of benzene rings is 2. The van der Waals surface area contributed by atoms with Crippen LogP contribution in [0.15, 0.2) is 91.5 Å². The van der Waals surface area contributed by atoms with Crippen molar-refractivity contribution in [1.82, 2.24) is 24.8 Å². The van der Waals surface area contributed by atoms with Crippen molar-refractivity contribution in [3.8, 4) is 11.3 Å². The fourth-order valence-corrected chi connectivity index (χ4v) is 5.03. The molecule has 4 heterocycles. The first kappa shape index (κ1) is 31.6. The number of aromatic nitrogens is 4. The smallest absolute Gasteiger partial charge is 0.379 e. The van der Waals surface area contributed by atoms with E-state index in [0.717, 1.165) is 56.1 Å². The van der Waals surface area contributed by atoms with Crippen LogP contribution >= 0.6 is 0 Å². The van der Waals surface area contributed by atoms with Crippen molar-refractivity contribution < 1.29 is 22.7 Å². The number of amides is 1. The molecule has 3 N–H and O–H groups in total. The highest BCUT2D eigenvalue weighted by Gasteiger charge is 2.31. The molecule has 0 aliphatic carbocycles. The summed E-state index contributed by atoms with van der Waals surface area (Å²) in [6.07, 6.45) is 0.394. The molecule has 10 nitrogen and oxygen atoms in total. The van der Waals surface area contributed by atoms with E-state index in [-0.39, 0.29) is 5.56 Å². The van der Waals surface area contributed by atoms with Gasteiger partial charge in [-0.25, -0.2) is 19.9 Å². The van der Waals surface area contributed by atoms with E-state index in [4.69, 9.17) is 4.74 Å². The second kappa shape index (κ2) is 13.9. The summed E-state index contributed by atoms with van der Waals surface area (Å²) in [5.41, 5.74) is 3.31. The molecule has 13 heteroatoms. The highest BCUT2D eigenvalue weighted by Crippen LogP contribution is 2.32. The van der Waals surface area contributed by atoms with Gasteiger partial charge < -0.3 is 20.7 Å². The van der Waals surface area contributed by atoms with E-state index in [1.54, 1.807) is 36.5 Å². The Morgan fingerprint density at radius 1 is 0.894 bits per heavy atom. The van der Waals surface area contributed by atoms with E-state index in [9.17, 15) is 18.0 Å². The molecule has 0 unspecified atom stereocenters. The summed E-state index contributed by atoms with van der Waals surface area (Å²) < 4.78 is 44.9. The third-order valence-electron chi connectivity index (χ3n) is 7.54. The average molecular weight is 641 g/mol. The highest BCUT2D eigenvalue weighted by atomic mass is 19.4. The summed E-state index contributed by atoms with van der Waals surface area (Å²) in [7, 11) is 0. The van der Waals surface area contributed by atoms with Crippen molar-refractivity contribution in [3.63, 3.8) is 0 Å². The lowest BCUT2D eigenvalue weighted by Gasteiger charge is -2.26. The number of nitrogens with one attached hydrogen (secondary N) is 3. The Morgan fingerprint density at radius 3 is 2.53 bits per heavy atom. The fraction of sp³-hybridized carbons (Fsp3) is 0.206. The number of rotatable bonds is 9. The second-order valence-corrected chi connectivity index (χ2v) is 10.9. The first-order chi connectivity index (χ1) is 22.7. The van der Waals surface area contributed by atoms with Crippen LogP contribution in [0.25, 0.3) is 11.3 Å². The topological polar surface area (TPSA) is 117 Å². The maximum Gasteiger partial charge on any atom is 0.416 e. The summed E-state index contributed by atoms with van der Waals surface area (Å²) in [4.78, 5) is 33.0. The van der Waals surface area contributed by atoms with Gasteiger partial charge in [-0.1, -0.05) is 18.2 Å². The number of carbonyl (C=O) groups excluding carboxylic acids is 1. The minimum Gasteiger partial charge on any atom is -0.379 e. The van der Waals surface area contributed by atoms with Crippen LogP contribution < -0.4 is 16.0 Å². The van der Waals surface area contributed by atoms with Crippen LogP contribution in [-0.4, -0.2) is 57.0 Å². The zero-order chi connectivity index (χ0) is 32.8. The SMILES string of the molecule is Cc1ccc(NC(=O)c2cccc(C(F)(F)F)c2)cc1Nc1ncccc1-c1cc(Nc2ccc(CN3CCOCC3)cn2)ncn1. The van der Waals surface area contributed by atoms with Crippen molar-refractivity contribution in [1.29, 1.82) is 0 Å². The highest BCUT2D eigenvalue weighted by molar-refractivity contribution is 6.04. The number of anilines is 5. The first-order valence-corrected chi connectivity index (χ1v) is 14.9. The molecule has 1 aliphatic heterocycles. The molecule has 0 radical (unpaired) electrons. The molecule has 0 atom stereocenters. The predicted octanol–water partition coefficient (Wildman–Crippen LogP) is 6.83. The van der Waals surface area contributed by atoms with E-state index in [2.05, 4.69) is 40.8 Å². The molecule has 0 spiro atoms. The molecular weight excluding hydrogens is 609 g/mol. The molecule has 1 fully saturated rings. The number of pyridine rings is 2. The van der Waals surface area contributed by atoms with Gasteiger partial charge in [0, 0.05) is 60.6 Å². The molecule has 1 saturated heterocycles. The molecule has 3 aromatic heterocycles. The number of alkyl halides is 3. The lowest BCUT2D eigenvalue weighted by Crippen LogP contribution is -2.35. The van der Waals surface area contributed by atoms with Gasteiger partial charge in [0.05, 0.1) is 24.5 Å². The van der Waals surface area contributed by atoms with Crippen LogP contribution in [0, 0.1) is 6.92 Å². The monoisotopic (exact) mass is 640 g/mol. The average Bonchev–Trinajstić information content (AvgIpc) is 3.08. The van der Waals surface area contributed by atoms with Crippen LogP contribution in [0.4, 0.5) is 42.0 Å². The number of halogens is 3. The van der Waals surface area contributed by atoms with Gasteiger partial charge in [-0.15, -0.1) is 0 Å². The van der Waals surface area contributed by atoms with Crippen LogP contribution in [0.2, 0.25) is 0 Å². The predicted molar refractivity (Wildman–Crippen MR) is 173 cm³/mol. The summed E-state index contributed by atoms with van der Waals surface area (Å²) in [5.74, 6) is 1.04. The largest absolute Gasteiger partial charge is 0.416 e. The normalized spacial score (nSPS) is 13.6. The van der Waals surface area contributed by atoms with Crippen molar-refractivity contribution in [2.45, 2.75) is 19.6 Å². The van der Waals surface area contributed by atoms with Crippen molar-refractivity contribution in [3.05, 3.63) is 114 Å². The Hall–Kier alpha value is -5.40. The van der Waals surface area contributed by atoms with Crippen molar-refractivity contribution in [2.75, 3.05) is 42.3 Å². The van der Waals surface area contributed by atoms with Crippen LogP contribution in [-0.2, 0) is 17.5 Å². The van der Waals surface area contributed by atoms with Gasteiger partial charge in [0.2, 0.25) is 0 Å². The molecule has 0 bridgehead atoms. The summed E-state index contributed by atoms with van der Waals surface area (Å²) in [5, 5.41) is 9.23. The lowest BCUT2D eigenvalue weighted by atomic mass is 10.1.